The summed E-state index contributed by atoms with van der Waals surface area (Å²) in [5.74, 6) is -0.636. The van der Waals surface area contributed by atoms with Crippen molar-refractivity contribution in [2.45, 2.75) is 52.3 Å². The molecule has 30 heavy (non-hydrogen) atoms. The monoisotopic (exact) mass is 426 g/mol. The molecule has 2 aliphatic rings. The fourth-order valence-electron chi connectivity index (χ4n) is 3.79. The summed E-state index contributed by atoms with van der Waals surface area (Å²) >= 11 is 0. The van der Waals surface area contributed by atoms with Crippen LogP contribution in [0.1, 0.15) is 56.7 Å². The number of nitrogens with one attached hydrogen (secondary N) is 1. The maximum absolute atomic E-state index is 14.7. The van der Waals surface area contributed by atoms with Gasteiger partial charge in [0.15, 0.2) is 23.1 Å². The third-order valence-corrected chi connectivity index (χ3v) is 5.20. The molecule has 0 spiro atoms. The first-order chi connectivity index (χ1) is 13.9. The molecule has 4 rings (SSSR count). The Kier molecular flexibility index (Phi) is 4.78. The van der Waals surface area contributed by atoms with E-state index in [1.54, 1.807) is 4.90 Å². The van der Waals surface area contributed by atoms with E-state index in [0.717, 1.165) is 12.5 Å². The van der Waals surface area contributed by atoms with Gasteiger partial charge >= 0.3 is 6.18 Å². The molecule has 10 heteroatoms. The second-order valence-electron chi connectivity index (χ2n) is 9.17. The Hall–Kier alpha value is -2.65. The first-order valence-corrected chi connectivity index (χ1v) is 9.69. The Morgan fingerprint density at radius 2 is 2.03 bits per heavy atom. The minimum Gasteiger partial charge on any atom is -0.362 e. The number of hydrogen-bond acceptors (Lipinski definition) is 5. The molecule has 1 amide bonds. The second kappa shape index (κ2) is 6.95. The number of nitrogens with zero attached hydrogens (tertiary/aromatic N) is 3. The van der Waals surface area contributed by atoms with Crippen molar-refractivity contribution in [1.29, 1.82) is 0 Å². The Labute approximate surface area is 170 Å². The van der Waals surface area contributed by atoms with Crippen molar-refractivity contribution in [2.24, 2.45) is 11.3 Å². The zero-order valence-corrected chi connectivity index (χ0v) is 16.8. The minimum atomic E-state index is -4.59. The standard InChI is InChI=1S/C20H22F4N4O2/c1-19(2,3)7-16(29)25-18-13(21)6-14-17(26-18)12-4-10(12)8-28(14)9-11-5-15(27-30-11)20(22,23)24/h5-6,10,12H,4,7-9H2,1-3H3,(H,25,26,29)/t10-,12-/m0/s1. The Morgan fingerprint density at radius 3 is 2.67 bits per heavy atom. The summed E-state index contributed by atoms with van der Waals surface area (Å²) in [5, 5.41) is 5.61. The van der Waals surface area contributed by atoms with Gasteiger partial charge in [-0.3, -0.25) is 4.79 Å². The molecule has 1 saturated carbocycles. The van der Waals surface area contributed by atoms with E-state index in [-0.39, 0.29) is 41.8 Å². The Bertz CT molecular complexity index is 980. The minimum absolute atomic E-state index is 0.0240. The lowest BCUT2D eigenvalue weighted by molar-refractivity contribution is -0.142. The summed E-state index contributed by atoms with van der Waals surface area (Å²) in [5.41, 5.74) is -0.195. The summed E-state index contributed by atoms with van der Waals surface area (Å²) in [6.45, 7) is 6.31. The van der Waals surface area contributed by atoms with Crippen LogP contribution in [0.15, 0.2) is 16.7 Å². The maximum atomic E-state index is 14.7. The van der Waals surface area contributed by atoms with E-state index in [0.29, 0.717) is 23.8 Å². The largest absolute Gasteiger partial charge is 0.436 e. The van der Waals surface area contributed by atoms with Gasteiger partial charge in [0.1, 0.15) is 0 Å². The van der Waals surface area contributed by atoms with Crippen LogP contribution < -0.4 is 10.2 Å². The second-order valence-corrected chi connectivity index (χ2v) is 9.17. The van der Waals surface area contributed by atoms with E-state index in [9.17, 15) is 22.4 Å². The third-order valence-electron chi connectivity index (χ3n) is 5.20. The molecule has 0 bridgehead atoms. The molecule has 1 aliphatic carbocycles. The van der Waals surface area contributed by atoms with Gasteiger partial charge in [-0.25, -0.2) is 9.37 Å². The van der Waals surface area contributed by atoms with E-state index < -0.39 is 17.7 Å². The molecule has 1 aliphatic heterocycles. The highest BCUT2D eigenvalue weighted by Crippen LogP contribution is 2.54. The lowest BCUT2D eigenvalue weighted by atomic mass is 9.92. The smallest absolute Gasteiger partial charge is 0.362 e. The summed E-state index contributed by atoms with van der Waals surface area (Å²) in [4.78, 5) is 18.3. The average Bonchev–Trinajstić information content (AvgIpc) is 3.20. The number of amides is 1. The van der Waals surface area contributed by atoms with Crippen LogP contribution in [0.3, 0.4) is 0 Å². The Morgan fingerprint density at radius 1 is 1.30 bits per heavy atom. The van der Waals surface area contributed by atoms with E-state index in [2.05, 4.69) is 15.5 Å². The highest BCUT2D eigenvalue weighted by atomic mass is 19.4. The first kappa shape index (κ1) is 20.6. The van der Waals surface area contributed by atoms with Gasteiger partial charge in [0.25, 0.3) is 0 Å². The van der Waals surface area contributed by atoms with Crippen molar-refractivity contribution in [2.75, 3.05) is 16.8 Å². The molecule has 3 heterocycles. The number of halogens is 4. The summed E-state index contributed by atoms with van der Waals surface area (Å²) in [7, 11) is 0. The number of carbonyl (C=O) groups is 1. The molecule has 0 unspecified atom stereocenters. The number of fused-ring (bicyclic) bond motifs is 3. The van der Waals surface area contributed by atoms with Crippen molar-refractivity contribution >= 4 is 17.4 Å². The predicted molar refractivity (Wildman–Crippen MR) is 100 cm³/mol. The number of rotatable bonds is 4. The summed E-state index contributed by atoms with van der Waals surface area (Å²) in [6, 6.07) is 2.13. The number of carbonyl (C=O) groups excluding carboxylic acids is 1. The molecule has 0 aromatic carbocycles. The quantitative estimate of drug-likeness (QED) is 0.716. The van der Waals surface area contributed by atoms with Gasteiger partial charge in [0.05, 0.1) is 17.9 Å². The van der Waals surface area contributed by atoms with Crippen molar-refractivity contribution in [3.63, 3.8) is 0 Å². The fraction of sp³-hybridized carbons (Fsp3) is 0.550. The van der Waals surface area contributed by atoms with E-state index in [4.69, 9.17) is 4.52 Å². The number of alkyl halides is 3. The van der Waals surface area contributed by atoms with Gasteiger partial charge in [-0.2, -0.15) is 13.2 Å². The molecule has 2 aromatic rings. The van der Waals surface area contributed by atoms with Gasteiger partial charge in [-0.1, -0.05) is 25.9 Å². The number of hydrogen-bond donors (Lipinski definition) is 1. The van der Waals surface area contributed by atoms with Crippen molar-refractivity contribution in [3.8, 4) is 0 Å². The van der Waals surface area contributed by atoms with Gasteiger partial charge in [0, 0.05) is 31.0 Å². The zero-order valence-electron chi connectivity index (χ0n) is 16.8. The lowest BCUT2D eigenvalue weighted by Gasteiger charge is -2.30. The van der Waals surface area contributed by atoms with Gasteiger partial charge in [-0.05, 0) is 17.8 Å². The highest BCUT2D eigenvalue weighted by molar-refractivity contribution is 5.90. The normalized spacial score (nSPS) is 20.6. The number of anilines is 2. The number of aromatic nitrogens is 2. The van der Waals surface area contributed by atoms with Crippen LogP contribution in [0.25, 0.3) is 0 Å². The fourth-order valence-corrected chi connectivity index (χ4v) is 3.79. The predicted octanol–water partition coefficient (Wildman–Crippen LogP) is 4.73. The molecular weight excluding hydrogens is 404 g/mol. The third kappa shape index (κ3) is 4.27. The summed E-state index contributed by atoms with van der Waals surface area (Å²) in [6.07, 6.45) is -3.50. The molecule has 2 aromatic heterocycles. The van der Waals surface area contributed by atoms with Gasteiger partial charge < -0.3 is 14.7 Å². The van der Waals surface area contributed by atoms with Crippen molar-refractivity contribution < 1.29 is 26.9 Å². The molecule has 0 radical (unpaired) electrons. The SMILES string of the molecule is CC(C)(C)CC(=O)Nc1nc2c(cc1F)N(Cc1cc(C(F)(F)F)no1)C[C@@H]1C[C@H]21. The average molecular weight is 426 g/mol. The first-order valence-electron chi connectivity index (χ1n) is 9.69. The molecule has 0 saturated heterocycles. The molecule has 2 atom stereocenters. The lowest BCUT2D eigenvalue weighted by Crippen LogP contribution is -2.30. The molecule has 1 fully saturated rings. The zero-order chi connectivity index (χ0) is 21.8. The van der Waals surface area contributed by atoms with Crippen LogP contribution >= 0.6 is 0 Å². The van der Waals surface area contributed by atoms with Crippen LogP contribution in [0.5, 0.6) is 0 Å². The molecule has 1 N–H and O–H groups in total. The summed E-state index contributed by atoms with van der Waals surface area (Å²) < 4.78 is 57.8. The van der Waals surface area contributed by atoms with Crippen LogP contribution in [-0.4, -0.2) is 22.6 Å². The Balaban J connectivity index is 1.57. The maximum Gasteiger partial charge on any atom is 0.436 e. The van der Waals surface area contributed by atoms with Gasteiger partial charge in [0.2, 0.25) is 5.91 Å². The van der Waals surface area contributed by atoms with Crippen LogP contribution in [0.2, 0.25) is 0 Å². The molecule has 6 nitrogen and oxygen atoms in total. The van der Waals surface area contributed by atoms with E-state index >= 15 is 0 Å². The molecule has 162 valence electrons. The van der Waals surface area contributed by atoms with Crippen LogP contribution in [0.4, 0.5) is 29.1 Å². The van der Waals surface area contributed by atoms with Crippen molar-refractivity contribution in [1.82, 2.24) is 10.1 Å². The topological polar surface area (TPSA) is 71.3 Å². The highest BCUT2D eigenvalue weighted by Gasteiger charge is 2.47. The van der Waals surface area contributed by atoms with E-state index in [1.807, 2.05) is 20.8 Å². The van der Waals surface area contributed by atoms with Crippen molar-refractivity contribution in [3.05, 3.63) is 35.1 Å². The number of pyridine rings is 1. The van der Waals surface area contributed by atoms with Crippen LogP contribution in [-0.2, 0) is 17.5 Å². The van der Waals surface area contributed by atoms with E-state index in [1.165, 1.54) is 6.07 Å². The van der Waals surface area contributed by atoms with Crippen LogP contribution in [0, 0.1) is 17.2 Å². The molecular formula is C20H22F4N4O2. The van der Waals surface area contributed by atoms with Gasteiger partial charge in [-0.15, -0.1) is 0 Å².